The standard InChI is InChI=1S/C60H56N2/c1-39(2)43-24-28-48(29-25-43)61(47-21-11-8-12-22-47)57-38-55(46-20-15-16-41(5)36-46)51-33-35-53-58(37-54(45-18-9-7-10-19-45)50-32-34-52(57)60(51)59(50)53)62(56-23-14-13-17-42(56)6)49-30-26-44(27-31-49)40(3)4/h7-35,37-42,56H,36H2,1-6H3. The lowest BCUT2D eigenvalue weighted by atomic mass is 9.82. The quantitative estimate of drug-likeness (QED) is 0.127. The molecular weight excluding hydrogens is 749 g/mol. The van der Waals surface area contributed by atoms with E-state index in [0.717, 1.165) is 17.8 Å². The summed E-state index contributed by atoms with van der Waals surface area (Å²) in [6.45, 7) is 13.8. The molecule has 0 aromatic heterocycles. The number of hydrogen-bond acceptors (Lipinski definition) is 2. The second kappa shape index (κ2) is 16.3. The molecule has 0 bridgehead atoms. The van der Waals surface area contributed by atoms with Gasteiger partial charge in [0.15, 0.2) is 0 Å². The highest BCUT2D eigenvalue weighted by Crippen LogP contribution is 2.52. The molecule has 2 aliphatic carbocycles. The lowest BCUT2D eigenvalue weighted by Gasteiger charge is -2.37. The van der Waals surface area contributed by atoms with Crippen LogP contribution in [0, 0.1) is 11.8 Å². The van der Waals surface area contributed by atoms with Crippen LogP contribution in [0.25, 0.3) is 49.0 Å². The van der Waals surface area contributed by atoms with E-state index in [1.165, 1.54) is 82.8 Å². The molecular formula is C60H56N2. The molecule has 2 nitrogen and oxygen atoms in total. The van der Waals surface area contributed by atoms with Crippen molar-refractivity contribution in [1.82, 2.24) is 0 Å². The molecule has 8 aromatic rings. The molecule has 0 spiro atoms. The fraction of sp³-hybridized carbons (Fsp3) is 0.200. The Morgan fingerprint density at radius 3 is 1.63 bits per heavy atom. The van der Waals surface area contributed by atoms with Crippen LogP contribution in [0.4, 0.5) is 28.4 Å². The van der Waals surface area contributed by atoms with Crippen molar-refractivity contribution < 1.29 is 0 Å². The highest BCUT2D eigenvalue weighted by Gasteiger charge is 2.30. The minimum Gasteiger partial charge on any atom is -0.333 e. The Bertz CT molecular complexity index is 3000. The summed E-state index contributed by atoms with van der Waals surface area (Å²) in [6, 6.07) is 55.3. The largest absolute Gasteiger partial charge is 0.333 e. The predicted octanol–water partition coefficient (Wildman–Crippen LogP) is 17.2. The van der Waals surface area contributed by atoms with Gasteiger partial charge in [-0.15, -0.1) is 0 Å². The van der Waals surface area contributed by atoms with Crippen molar-refractivity contribution in [1.29, 1.82) is 0 Å². The zero-order chi connectivity index (χ0) is 42.5. The molecule has 0 aliphatic heterocycles. The summed E-state index contributed by atoms with van der Waals surface area (Å²) in [4.78, 5) is 5.11. The zero-order valence-corrected chi connectivity index (χ0v) is 36.9. The van der Waals surface area contributed by atoms with Crippen molar-refractivity contribution >= 4 is 66.3 Å². The molecule has 3 atom stereocenters. The summed E-state index contributed by atoms with van der Waals surface area (Å²) in [5, 5.41) is 7.72. The number of nitrogens with zero attached hydrogens (tertiary/aromatic N) is 2. The Hall–Kier alpha value is -6.64. The number of rotatable bonds is 10. The average Bonchev–Trinajstić information content (AvgIpc) is 3.30. The van der Waals surface area contributed by atoms with Gasteiger partial charge in [-0.2, -0.15) is 0 Å². The first-order chi connectivity index (χ1) is 30.2. The van der Waals surface area contributed by atoms with Crippen LogP contribution in [0.15, 0.2) is 188 Å². The topological polar surface area (TPSA) is 6.48 Å². The van der Waals surface area contributed by atoms with E-state index in [2.05, 4.69) is 239 Å². The first kappa shape index (κ1) is 39.5. The summed E-state index contributed by atoms with van der Waals surface area (Å²) in [7, 11) is 0. The maximum absolute atomic E-state index is 2.62. The Kier molecular flexibility index (Phi) is 10.4. The normalized spacial score (nSPS) is 17.5. The van der Waals surface area contributed by atoms with Crippen LogP contribution in [0.5, 0.6) is 0 Å². The summed E-state index contributed by atoms with van der Waals surface area (Å²) in [5.41, 5.74) is 13.8. The second-order valence-corrected chi connectivity index (χ2v) is 18.2. The molecule has 3 unspecified atom stereocenters. The fourth-order valence-electron chi connectivity index (χ4n) is 10.0. The third-order valence-electron chi connectivity index (χ3n) is 13.4. The summed E-state index contributed by atoms with van der Waals surface area (Å²) in [6.07, 6.45) is 17.1. The van der Waals surface area contributed by atoms with Crippen molar-refractivity contribution in [2.75, 3.05) is 9.80 Å². The summed E-state index contributed by atoms with van der Waals surface area (Å²) in [5.74, 6) is 1.67. The van der Waals surface area contributed by atoms with E-state index in [1.54, 1.807) is 0 Å². The molecule has 0 N–H and O–H groups in total. The van der Waals surface area contributed by atoms with Crippen LogP contribution in [0.1, 0.15) is 76.5 Å². The van der Waals surface area contributed by atoms with Gasteiger partial charge < -0.3 is 9.80 Å². The Labute approximate surface area is 368 Å². The van der Waals surface area contributed by atoms with Crippen LogP contribution >= 0.6 is 0 Å². The van der Waals surface area contributed by atoms with Crippen LogP contribution in [0.3, 0.4) is 0 Å². The van der Waals surface area contributed by atoms with Crippen molar-refractivity contribution in [3.8, 4) is 11.1 Å². The van der Waals surface area contributed by atoms with E-state index in [-0.39, 0.29) is 6.04 Å². The molecule has 0 heterocycles. The van der Waals surface area contributed by atoms with Gasteiger partial charge in [-0.05, 0) is 123 Å². The Morgan fingerprint density at radius 1 is 0.484 bits per heavy atom. The lowest BCUT2D eigenvalue weighted by Crippen LogP contribution is -2.35. The minimum atomic E-state index is 0.126. The predicted molar refractivity (Wildman–Crippen MR) is 269 cm³/mol. The first-order valence-corrected chi connectivity index (χ1v) is 22.7. The van der Waals surface area contributed by atoms with Crippen LogP contribution < -0.4 is 9.80 Å². The zero-order valence-electron chi connectivity index (χ0n) is 36.9. The maximum Gasteiger partial charge on any atom is 0.0585 e. The van der Waals surface area contributed by atoms with E-state index in [4.69, 9.17) is 0 Å². The van der Waals surface area contributed by atoms with Gasteiger partial charge in [-0.25, -0.2) is 0 Å². The van der Waals surface area contributed by atoms with Gasteiger partial charge in [0.2, 0.25) is 0 Å². The van der Waals surface area contributed by atoms with Crippen LogP contribution in [-0.2, 0) is 0 Å². The van der Waals surface area contributed by atoms with E-state index in [1.807, 2.05) is 0 Å². The number of benzene rings is 8. The fourth-order valence-corrected chi connectivity index (χ4v) is 10.0. The molecule has 0 radical (unpaired) electrons. The van der Waals surface area contributed by atoms with Gasteiger partial charge >= 0.3 is 0 Å². The van der Waals surface area contributed by atoms with Gasteiger partial charge in [0.1, 0.15) is 0 Å². The van der Waals surface area contributed by atoms with Crippen molar-refractivity contribution in [3.05, 3.63) is 205 Å². The van der Waals surface area contributed by atoms with Gasteiger partial charge in [0.05, 0.1) is 17.4 Å². The monoisotopic (exact) mass is 804 g/mol. The highest BCUT2D eigenvalue weighted by molar-refractivity contribution is 6.31. The number of anilines is 5. The molecule has 8 aromatic carbocycles. The molecule has 0 amide bonds. The number of hydrogen-bond donors (Lipinski definition) is 0. The molecule has 2 heteroatoms. The second-order valence-electron chi connectivity index (χ2n) is 18.2. The highest BCUT2D eigenvalue weighted by atomic mass is 15.2. The third-order valence-corrected chi connectivity index (χ3v) is 13.4. The SMILES string of the molecule is CC1C=CC=C(c2cc(N(c3ccccc3)c3ccc(C(C)C)cc3)c3ccc4c(-c5ccccc5)cc(N(c5ccc(C(C)C)cc5)C5C=CC=CC5C)c5ccc2c3c45)C1. The average molecular weight is 805 g/mol. The van der Waals surface area contributed by atoms with Crippen LogP contribution in [-0.4, -0.2) is 6.04 Å². The lowest BCUT2D eigenvalue weighted by molar-refractivity contribution is 0.610. The Morgan fingerprint density at radius 2 is 1.02 bits per heavy atom. The van der Waals surface area contributed by atoms with E-state index >= 15 is 0 Å². The van der Waals surface area contributed by atoms with Crippen molar-refractivity contribution in [2.45, 2.75) is 65.8 Å². The summed E-state index contributed by atoms with van der Waals surface area (Å²) >= 11 is 0. The van der Waals surface area contributed by atoms with E-state index in [0.29, 0.717) is 23.7 Å². The van der Waals surface area contributed by atoms with Gasteiger partial charge in [0.25, 0.3) is 0 Å². The van der Waals surface area contributed by atoms with Crippen LogP contribution in [0.2, 0.25) is 0 Å². The number of para-hydroxylation sites is 1. The smallest absolute Gasteiger partial charge is 0.0585 e. The molecule has 0 saturated carbocycles. The minimum absolute atomic E-state index is 0.126. The van der Waals surface area contributed by atoms with E-state index in [9.17, 15) is 0 Å². The van der Waals surface area contributed by atoms with Gasteiger partial charge in [-0.1, -0.05) is 181 Å². The molecule has 2 aliphatic rings. The van der Waals surface area contributed by atoms with Crippen molar-refractivity contribution in [3.63, 3.8) is 0 Å². The first-order valence-electron chi connectivity index (χ1n) is 22.7. The third kappa shape index (κ3) is 7.02. The molecule has 306 valence electrons. The summed E-state index contributed by atoms with van der Waals surface area (Å²) < 4.78 is 0. The Balaban J connectivity index is 1.34. The molecule has 0 saturated heterocycles. The molecule has 10 rings (SSSR count). The molecule has 62 heavy (non-hydrogen) atoms. The molecule has 0 fully saturated rings. The maximum atomic E-state index is 2.62. The van der Waals surface area contributed by atoms with Gasteiger partial charge in [-0.3, -0.25) is 0 Å². The number of allylic oxidation sites excluding steroid dienone is 6. The van der Waals surface area contributed by atoms with E-state index < -0.39 is 0 Å². The van der Waals surface area contributed by atoms with Gasteiger partial charge in [0, 0.05) is 38.6 Å². The van der Waals surface area contributed by atoms with Crippen molar-refractivity contribution in [2.24, 2.45) is 11.8 Å².